The third-order valence-electron chi connectivity index (χ3n) is 8.80. The lowest BCUT2D eigenvalue weighted by atomic mass is 9.96. The van der Waals surface area contributed by atoms with E-state index in [1.807, 2.05) is 24.3 Å². The highest BCUT2D eigenvalue weighted by Gasteiger charge is 2.52. The summed E-state index contributed by atoms with van der Waals surface area (Å²) in [6, 6.07) is 16.6. The molecule has 3 atom stereocenters. The van der Waals surface area contributed by atoms with Gasteiger partial charge in [-0.3, -0.25) is 9.69 Å². The van der Waals surface area contributed by atoms with Crippen molar-refractivity contribution in [2.24, 2.45) is 11.0 Å². The van der Waals surface area contributed by atoms with Crippen LogP contribution in [0.1, 0.15) is 27.2 Å². The highest BCUT2D eigenvalue weighted by molar-refractivity contribution is 6.07. The maximum atomic E-state index is 12.2. The number of hydrogen-bond acceptors (Lipinski definition) is 11. The van der Waals surface area contributed by atoms with Crippen molar-refractivity contribution in [2.45, 2.75) is 51.7 Å². The van der Waals surface area contributed by atoms with Crippen LogP contribution in [-0.2, 0) is 25.5 Å². The number of nitrogens with one attached hydrogen (secondary N) is 1. The second-order valence-electron chi connectivity index (χ2n) is 12.0. The van der Waals surface area contributed by atoms with Gasteiger partial charge in [0.15, 0.2) is 5.79 Å². The summed E-state index contributed by atoms with van der Waals surface area (Å²) < 4.78 is 24.1. The minimum absolute atomic E-state index is 0.0888. The molecule has 246 valence electrons. The van der Waals surface area contributed by atoms with E-state index in [1.165, 1.54) is 5.69 Å². The average Bonchev–Trinajstić information content (AvgIpc) is 3.72. The summed E-state index contributed by atoms with van der Waals surface area (Å²) in [5, 5.41) is 12.7. The Labute approximate surface area is 270 Å². The lowest BCUT2D eigenvalue weighted by Crippen LogP contribution is -2.53. The Morgan fingerprint density at radius 3 is 2.24 bits per heavy atom. The Kier molecular flexibility index (Phi) is 10.0. The maximum Gasteiger partial charge on any atom is 0.229 e. The molecule has 3 aromatic rings. The monoisotopic (exact) mass is 632 g/mol. The molecule has 13 nitrogen and oxygen atoms in total. The Balaban J connectivity index is 0.970. The van der Waals surface area contributed by atoms with Crippen molar-refractivity contribution in [1.29, 1.82) is 0 Å². The lowest BCUT2D eigenvalue weighted by molar-refractivity contribution is -0.268. The molecule has 3 fully saturated rings. The van der Waals surface area contributed by atoms with E-state index in [9.17, 15) is 4.79 Å². The zero-order chi connectivity index (χ0) is 31.9. The number of anilines is 3. The molecular weight excluding hydrogens is 588 g/mol. The van der Waals surface area contributed by atoms with Gasteiger partial charge in [-0.15, -0.1) is 0 Å². The van der Waals surface area contributed by atoms with Gasteiger partial charge < -0.3 is 34.2 Å². The number of amides is 1. The van der Waals surface area contributed by atoms with Crippen molar-refractivity contribution in [2.75, 3.05) is 67.3 Å². The highest BCUT2D eigenvalue weighted by atomic mass is 16.8. The summed E-state index contributed by atoms with van der Waals surface area (Å²) in [4.78, 5) is 20.1. The van der Waals surface area contributed by atoms with Gasteiger partial charge in [-0.25, -0.2) is 0 Å². The van der Waals surface area contributed by atoms with Gasteiger partial charge >= 0.3 is 0 Å². The molecule has 0 radical (unpaired) electrons. The molecule has 13 heteroatoms. The highest BCUT2D eigenvalue weighted by Crippen LogP contribution is 2.37. The van der Waals surface area contributed by atoms with Crippen LogP contribution in [0.4, 0.5) is 17.1 Å². The first-order chi connectivity index (χ1) is 22.4. The normalized spacial score (nSPS) is 22.5. The molecule has 0 aliphatic carbocycles. The number of nitrogens with zero attached hydrogens (tertiary/aromatic N) is 7. The number of hydrogen-bond donors (Lipinski definition) is 1. The van der Waals surface area contributed by atoms with Crippen LogP contribution in [0.2, 0.25) is 0 Å². The third-order valence-corrected chi connectivity index (χ3v) is 8.80. The number of ether oxygens (including phenoxy) is 4. The average molecular weight is 633 g/mol. The Bertz CT molecular complexity index is 1430. The van der Waals surface area contributed by atoms with Crippen molar-refractivity contribution in [3.8, 4) is 5.75 Å². The zero-order valence-electron chi connectivity index (χ0n) is 26.8. The molecular formula is C33H44N8O5. The predicted molar refractivity (Wildman–Crippen MR) is 175 cm³/mol. The first-order valence-electron chi connectivity index (χ1n) is 16.1. The van der Waals surface area contributed by atoms with E-state index >= 15 is 0 Å². The molecule has 6 rings (SSSR count). The minimum atomic E-state index is -0.798. The van der Waals surface area contributed by atoms with Crippen LogP contribution in [-0.4, -0.2) is 97.8 Å². The standard InChI is InChI=1S/C33H44N8O5/c1-4-25(2)37-34-24-40(26(3)42)30-7-5-28(6-8-30)38-15-17-39(18-16-38)29-9-11-31(12-10-29)44-21-32-22-45-33(46-32,27-19-43-20-27)23-41-35-13-14-36-41/h5-14,24-25,27,32,37H,4,15-23H2,1-3H3/b34-24-. The second-order valence-corrected chi connectivity index (χ2v) is 12.0. The molecule has 4 heterocycles. The predicted octanol–water partition coefficient (Wildman–Crippen LogP) is 3.13. The zero-order valence-corrected chi connectivity index (χ0v) is 26.8. The molecule has 3 aliphatic heterocycles. The number of benzene rings is 2. The largest absolute Gasteiger partial charge is 0.491 e. The summed E-state index contributed by atoms with van der Waals surface area (Å²) in [6.45, 7) is 11.7. The van der Waals surface area contributed by atoms with Gasteiger partial charge in [0, 0.05) is 56.2 Å². The maximum absolute atomic E-state index is 12.2. The van der Waals surface area contributed by atoms with Crippen molar-refractivity contribution < 1.29 is 23.7 Å². The van der Waals surface area contributed by atoms with Gasteiger partial charge in [0.25, 0.3) is 0 Å². The molecule has 0 spiro atoms. The SMILES string of the molecule is CCC(C)N/N=C\N(C(C)=O)c1ccc(N2CCN(c3ccc(OCC4COC(Cn5nccn5)(C5COC5)O4)cc3)CC2)cc1. The Morgan fingerprint density at radius 1 is 1.04 bits per heavy atom. The summed E-state index contributed by atoms with van der Waals surface area (Å²) in [5.41, 5.74) is 6.14. The van der Waals surface area contributed by atoms with Gasteiger partial charge in [0.1, 0.15) is 31.3 Å². The number of piperazine rings is 1. The fourth-order valence-electron chi connectivity index (χ4n) is 5.73. The molecule has 0 saturated carbocycles. The molecule has 1 amide bonds. The lowest BCUT2D eigenvalue weighted by Gasteiger charge is -2.40. The second kappa shape index (κ2) is 14.5. The molecule has 3 unspecified atom stereocenters. The molecule has 1 N–H and O–H groups in total. The number of hydrazone groups is 1. The van der Waals surface area contributed by atoms with Crippen molar-refractivity contribution in [3.63, 3.8) is 0 Å². The van der Waals surface area contributed by atoms with Crippen LogP contribution in [0.3, 0.4) is 0 Å². The van der Waals surface area contributed by atoms with Gasteiger partial charge in [0.05, 0.1) is 38.1 Å². The molecule has 46 heavy (non-hydrogen) atoms. The van der Waals surface area contributed by atoms with Crippen LogP contribution in [0.5, 0.6) is 5.75 Å². The minimum Gasteiger partial charge on any atom is -0.491 e. The molecule has 2 aromatic carbocycles. The summed E-state index contributed by atoms with van der Waals surface area (Å²) in [7, 11) is 0. The van der Waals surface area contributed by atoms with E-state index in [0.717, 1.165) is 49.7 Å². The molecule has 0 bridgehead atoms. The van der Waals surface area contributed by atoms with E-state index in [0.29, 0.717) is 33.0 Å². The Hall–Kier alpha value is -4.20. The smallest absolute Gasteiger partial charge is 0.229 e. The van der Waals surface area contributed by atoms with Crippen LogP contribution in [0.25, 0.3) is 0 Å². The number of aromatic nitrogens is 3. The van der Waals surface area contributed by atoms with Gasteiger partial charge in [-0.1, -0.05) is 6.92 Å². The summed E-state index contributed by atoms with van der Waals surface area (Å²) in [5.74, 6) is 0.0495. The van der Waals surface area contributed by atoms with Crippen LogP contribution in [0, 0.1) is 5.92 Å². The molecule has 3 aliphatic rings. The first kappa shape index (κ1) is 31.8. The van der Waals surface area contributed by atoms with Gasteiger partial charge in [-0.05, 0) is 61.9 Å². The molecule has 1 aromatic heterocycles. The summed E-state index contributed by atoms with van der Waals surface area (Å²) >= 11 is 0. The third kappa shape index (κ3) is 7.43. The fraction of sp³-hybridized carbons (Fsp3) is 0.515. The van der Waals surface area contributed by atoms with E-state index in [4.69, 9.17) is 18.9 Å². The van der Waals surface area contributed by atoms with Crippen LogP contribution in [0.15, 0.2) is 66.0 Å². The van der Waals surface area contributed by atoms with E-state index in [2.05, 4.69) is 68.6 Å². The fourth-order valence-corrected chi connectivity index (χ4v) is 5.73. The van der Waals surface area contributed by atoms with Crippen LogP contribution < -0.4 is 24.9 Å². The summed E-state index contributed by atoms with van der Waals surface area (Å²) in [6.07, 6.45) is 5.62. The van der Waals surface area contributed by atoms with Crippen molar-refractivity contribution in [1.82, 2.24) is 20.4 Å². The molecule has 3 saturated heterocycles. The van der Waals surface area contributed by atoms with E-state index in [-0.39, 0.29) is 24.0 Å². The van der Waals surface area contributed by atoms with Crippen molar-refractivity contribution in [3.05, 3.63) is 60.9 Å². The topological polar surface area (TPSA) is 119 Å². The Morgan fingerprint density at radius 2 is 1.67 bits per heavy atom. The number of rotatable bonds is 13. The van der Waals surface area contributed by atoms with Gasteiger partial charge in [-0.2, -0.15) is 20.1 Å². The van der Waals surface area contributed by atoms with Crippen LogP contribution >= 0.6 is 0 Å². The van der Waals surface area contributed by atoms with E-state index < -0.39 is 5.79 Å². The number of carbonyl (C=O) groups is 1. The van der Waals surface area contributed by atoms with Crippen molar-refractivity contribution >= 4 is 29.3 Å². The first-order valence-corrected chi connectivity index (χ1v) is 16.1. The quantitative estimate of drug-likeness (QED) is 0.171. The van der Waals surface area contributed by atoms with Gasteiger partial charge in [0.2, 0.25) is 5.91 Å². The van der Waals surface area contributed by atoms with E-state index in [1.54, 1.807) is 35.4 Å². The number of carbonyl (C=O) groups excluding carboxylic acids is 1.